The molecule has 0 radical (unpaired) electrons. The van der Waals surface area contributed by atoms with Crippen LogP contribution in [-0.4, -0.2) is 16.1 Å². The second-order valence-electron chi connectivity index (χ2n) is 2.24. The molecule has 0 aromatic carbocycles. The summed E-state index contributed by atoms with van der Waals surface area (Å²) in [6, 6.07) is 0. The summed E-state index contributed by atoms with van der Waals surface area (Å²) in [5.41, 5.74) is 6.43. The van der Waals surface area contributed by atoms with Gasteiger partial charge in [0.2, 0.25) is 0 Å². The fourth-order valence-electron chi connectivity index (χ4n) is 0.923. The highest BCUT2D eigenvalue weighted by Gasteiger charge is 1.92. The summed E-state index contributed by atoms with van der Waals surface area (Å²) in [5.74, 6) is 0. The minimum Gasteiger partial charge on any atom is -0.331 e. The maximum Gasteiger partial charge on any atom is 0.0950 e. The second-order valence-corrected chi connectivity index (χ2v) is 2.24. The predicted molar refractivity (Wildman–Crippen MR) is 46.0 cm³/mol. The molecule has 1 aromatic rings. The minimum atomic E-state index is 0.578. The number of aromatic nitrogens is 2. The Kier molecular flexibility index (Phi) is 2.86. The molecule has 0 unspecified atom stereocenters. The Morgan fingerprint density at radius 1 is 1.73 bits per heavy atom. The molecule has 0 aliphatic carbocycles. The summed E-state index contributed by atoms with van der Waals surface area (Å²) in [4.78, 5) is 4.02. The lowest BCUT2D eigenvalue weighted by Crippen LogP contribution is -1.96. The molecular weight excluding hydrogens is 138 g/mol. The summed E-state index contributed by atoms with van der Waals surface area (Å²) in [7, 11) is 0. The van der Waals surface area contributed by atoms with Crippen molar-refractivity contribution in [2.75, 3.05) is 6.54 Å². The van der Waals surface area contributed by atoms with Crippen molar-refractivity contribution in [2.45, 2.75) is 13.5 Å². The van der Waals surface area contributed by atoms with E-state index in [1.165, 1.54) is 0 Å². The number of hydrogen-bond donors (Lipinski definition) is 1. The van der Waals surface area contributed by atoms with Gasteiger partial charge in [0, 0.05) is 13.1 Å². The van der Waals surface area contributed by atoms with Crippen LogP contribution >= 0.6 is 0 Å². The first-order valence-electron chi connectivity index (χ1n) is 3.75. The van der Waals surface area contributed by atoms with Gasteiger partial charge in [0.05, 0.1) is 18.2 Å². The van der Waals surface area contributed by atoms with E-state index in [4.69, 9.17) is 5.73 Å². The van der Waals surface area contributed by atoms with Crippen LogP contribution in [-0.2, 0) is 6.54 Å². The summed E-state index contributed by atoms with van der Waals surface area (Å²) in [5, 5.41) is 0. The van der Waals surface area contributed by atoms with E-state index < -0.39 is 0 Å². The minimum absolute atomic E-state index is 0.578. The van der Waals surface area contributed by atoms with Crippen LogP contribution < -0.4 is 5.73 Å². The largest absolute Gasteiger partial charge is 0.331 e. The van der Waals surface area contributed by atoms with E-state index in [1.807, 2.05) is 24.7 Å². The molecule has 3 heteroatoms. The Hall–Kier alpha value is -1.09. The molecule has 60 valence electrons. The molecule has 0 saturated heterocycles. The van der Waals surface area contributed by atoms with E-state index in [-0.39, 0.29) is 0 Å². The maximum atomic E-state index is 5.32. The molecule has 0 bridgehead atoms. The average molecular weight is 151 g/mol. The lowest BCUT2D eigenvalue weighted by molar-refractivity contribution is 0.754. The Morgan fingerprint density at radius 2 is 2.55 bits per heavy atom. The van der Waals surface area contributed by atoms with Crippen LogP contribution in [0, 0.1) is 0 Å². The van der Waals surface area contributed by atoms with Crippen molar-refractivity contribution in [3.63, 3.8) is 0 Å². The van der Waals surface area contributed by atoms with E-state index >= 15 is 0 Å². The second kappa shape index (κ2) is 3.93. The quantitative estimate of drug-likeness (QED) is 0.696. The fourth-order valence-corrected chi connectivity index (χ4v) is 0.923. The molecule has 1 heterocycles. The number of hydrogen-bond acceptors (Lipinski definition) is 2. The van der Waals surface area contributed by atoms with Crippen LogP contribution in [0.25, 0.3) is 6.08 Å². The van der Waals surface area contributed by atoms with Gasteiger partial charge in [0.15, 0.2) is 0 Å². The summed E-state index contributed by atoms with van der Waals surface area (Å²) < 4.78 is 2.06. The molecule has 1 aromatic heterocycles. The molecule has 0 aliphatic rings. The van der Waals surface area contributed by atoms with Crippen molar-refractivity contribution in [3.05, 3.63) is 24.3 Å². The van der Waals surface area contributed by atoms with Gasteiger partial charge in [-0.15, -0.1) is 0 Å². The van der Waals surface area contributed by atoms with Gasteiger partial charge in [-0.05, 0) is 13.0 Å². The average Bonchev–Trinajstić information content (AvgIpc) is 2.47. The molecule has 0 atom stereocenters. The van der Waals surface area contributed by atoms with E-state index in [9.17, 15) is 0 Å². The highest BCUT2D eigenvalue weighted by molar-refractivity contribution is 5.43. The van der Waals surface area contributed by atoms with Gasteiger partial charge in [0.25, 0.3) is 0 Å². The molecule has 11 heavy (non-hydrogen) atoms. The zero-order valence-corrected chi connectivity index (χ0v) is 6.70. The summed E-state index contributed by atoms with van der Waals surface area (Å²) in [6.45, 7) is 3.61. The van der Waals surface area contributed by atoms with E-state index in [2.05, 4.69) is 16.5 Å². The highest BCUT2D eigenvalue weighted by atomic mass is 15.0. The van der Waals surface area contributed by atoms with Gasteiger partial charge in [-0.2, -0.15) is 0 Å². The molecule has 3 nitrogen and oxygen atoms in total. The number of nitrogens with zero attached hydrogens (tertiary/aromatic N) is 2. The molecule has 0 aliphatic heterocycles. The van der Waals surface area contributed by atoms with Gasteiger partial charge < -0.3 is 10.3 Å². The Labute approximate surface area is 66.5 Å². The van der Waals surface area contributed by atoms with Crippen molar-refractivity contribution < 1.29 is 0 Å². The lowest BCUT2D eigenvalue weighted by atomic mass is 10.4. The van der Waals surface area contributed by atoms with Gasteiger partial charge in [0.1, 0.15) is 0 Å². The third-order valence-electron chi connectivity index (χ3n) is 1.51. The van der Waals surface area contributed by atoms with Crippen molar-refractivity contribution in [1.82, 2.24) is 9.55 Å². The number of nitrogens with two attached hydrogens (primary N) is 1. The topological polar surface area (TPSA) is 43.8 Å². The van der Waals surface area contributed by atoms with Crippen molar-refractivity contribution in [1.29, 1.82) is 0 Å². The monoisotopic (exact) mass is 151 g/mol. The van der Waals surface area contributed by atoms with Crippen LogP contribution in [0.15, 0.2) is 18.6 Å². The first-order valence-corrected chi connectivity index (χ1v) is 3.75. The third kappa shape index (κ3) is 1.91. The van der Waals surface area contributed by atoms with Crippen molar-refractivity contribution in [3.8, 4) is 0 Å². The molecule has 0 saturated carbocycles. The first kappa shape index (κ1) is 8.01. The lowest BCUT2D eigenvalue weighted by Gasteiger charge is -1.97. The highest BCUT2D eigenvalue weighted by Crippen LogP contribution is 2.00. The fraction of sp³-hybridized carbons (Fsp3) is 0.375. The van der Waals surface area contributed by atoms with Crippen LogP contribution in [0.2, 0.25) is 0 Å². The zero-order chi connectivity index (χ0) is 8.10. The summed E-state index contributed by atoms with van der Waals surface area (Å²) in [6.07, 6.45) is 7.55. The van der Waals surface area contributed by atoms with Crippen LogP contribution in [0.5, 0.6) is 0 Å². The smallest absolute Gasteiger partial charge is 0.0950 e. The molecule has 0 fully saturated rings. The number of aryl methyl sites for hydroxylation is 1. The standard InChI is InChI=1S/C8H13N3/c1-2-11-7-10-6-8(11)4-3-5-9/h3-4,6-7H,2,5,9H2,1H3. The zero-order valence-electron chi connectivity index (χ0n) is 6.70. The Bertz CT molecular complexity index is 237. The van der Waals surface area contributed by atoms with Crippen LogP contribution in [0.3, 0.4) is 0 Å². The first-order chi connectivity index (χ1) is 5.38. The third-order valence-corrected chi connectivity index (χ3v) is 1.51. The summed E-state index contributed by atoms with van der Waals surface area (Å²) >= 11 is 0. The van der Waals surface area contributed by atoms with Crippen molar-refractivity contribution in [2.24, 2.45) is 5.73 Å². The van der Waals surface area contributed by atoms with E-state index in [0.717, 1.165) is 12.2 Å². The predicted octanol–water partition coefficient (Wildman–Crippen LogP) is 0.875. The Morgan fingerprint density at radius 3 is 3.18 bits per heavy atom. The molecular formula is C8H13N3. The van der Waals surface area contributed by atoms with Crippen LogP contribution in [0.1, 0.15) is 12.6 Å². The molecule has 2 N–H and O–H groups in total. The van der Waals surface area contributed by atoms with Gasteiger partial charge in [-0.3, -0.25) is 0 Å². The van der Waals surface area contributed by atoms with Crippen LogP contribution in [0.4, 0.5) is 0 Å². The Balaban J connectivity index is 2.76. The van der Waals surface area contributed by atoms with E-state index in [0.29, 0.717) is 6.54 Å². The maximum absolute atomic E-state index is 5.32. The molecule has 0 spiro atoms. The van der Waals surface area contributed by atoms with E-state index in [1.54, 1.807) is 0 Å². The van der Waals surface area contributed by atoms with Gasteiger partial charge in [-0.1, -0.05) is 6.08 Å². The van der Waals surface area contributed by atoms with Gasteiger partial charge in [-0.25, -0.2) is 4.98 Å². The van der Waals surface area contributed by atoms with Crippen molar-refractivity contribution >= 4 is 6.08 Å². The molecule has 0 amide bonds. The number of rotatable bonds is 3. The normalized spacial score (nSPS) is 11.1. The van der Waals surface area contributed by atoms with Gasteiger partial charge >= 0.3 is 0 Å². The SMILES string of the molecule is CCn1cncc1C=CCN. The number of imidazole rings is 1. The molecule has 1 rings (SSSR count).